The van der Waals surface area contributed by atoms with Crippen molar-refractivity contribution >= 4 is 29.2 Å². The second kappa shape index (κ2) is 11.5. The molecule has 2 N–H and O–H groups in total. The second-order valence-corrected chi connectivity index (χ2v) is 9.36. The number of piperidine rings is 1. The zero-order valence-electron chi connectivity index (χ0n) is 19.6. The molecule has 2 aliphatic heterocycles. The van der Waals surface area contributed by atoms with E-state index < -0.39 is 0 Å². The number of nitrogens with one attached hydrogen (secondary N) is 2. The van der Waals surface area contributed by atoms with Gasteiger partial charge < -0.3 is 15.0 Å². The zero-order chi connectivity index (χ0) is 23.0. The van der Waals surface area contributed by atoms with Gasteiger partial charge in [-0.25, -0.2) is 9.97 Å². The van der Waals surface area contributed by atoms with Crippen molar-refractivity contribution < 1.29 is 4.74 Å². The van der Waals surface area contributed by atoms with E-state index >= 15 is 0 Å². The Hall–Kier alpha value is -2.58. The minimum Gasteiger partial charge on any atom is -0.376 e. The summed E-state index contributed by atoms with van der Waals surface area (Å²) in [4.78, 5) is 16.1. The largest absolute Gasteiger partial charge is 0.376 e. The molecule has 0 radical (unpaired) electrons. The van der Waals surface area contributed by atoms with Gasteiger partial charge in [0.2, 0.25) is 11.9 Å². The van der Waals surface area contributed by atoms with Crippen LogP contribution in [0.1, 0.15) is 42.6 Å². The highest BCUT2D eigenvalue weighted by Gasteiger charge is 2.23. The molecule has 3 heterocycles. The molecule has 1 aromatic carbocycles. The predicted molar refractivity (Wildman–Crippen MR) is 137 cm³/mol. The second-order valence-electron chi connectivity index (χ2n) is 8.98. The van der Waals surface area contributed by atoms with Gasteiger partial charge in [-0.15, -0.1) is 0 Å². The molecule has 2 aliphatic rings. The average Bonchev–Trinajstić information content (AvgIpc) is 3.32. The van der Waals surface area contributed by atoms with Gasteiger partial charge in [-0.3, -0.25) is 5.32 Å². The third-order valence-corrected chi connectivity index (χ3v) is 6.44. The maximum atomic E-state index is 5.69. The normalized spacial score (nSPS) is 19.5. The van der Waals surface area contributed by atoms with E-state index in [1.807, 2.05) is 19.9 Å². The van der Waals surface area contributed by atoms with Crippen LogP contribution in [0.3, 0.4) is 0 Å². The van der Waals surface area contributed by atoms with Gasteiger partial charge in [-0.1, -0.05) is 30.3 Å². The number of aryl methyl sites for hydroxylation is 2. The summed E-state index contributed by atoms with van der Waals surface area (Å²) < 4.78 is 5.69. The van der Waals surface area contributed by atoms with Crippen LogP contribution < -0.4 is 10.6 Å². The van der Waals surface area contributed by atoms with Crippen LogP contribution >= 0.6 is 12.2 Å². The summed E-state index contributed by atoms with van der Waals surface area (Å²) in [6.45, 7) is 7.30. The zero-order valence-corrected chi connectivity index (χ0v) is 20.4. The monoisotopic (exact) mass is 466 g/mol. The van der Waals surface area contributed by atoms with Gasteiger partial charge in [0.25, 0.3) is 0 Å². The van der Waals surface area contributed by atoms with Crippen LogP contribution in [0.15, 0.2) is 41.4 Å². The summed E-state index contributed by atoms with van der Waals surface area (Å²) in [6, 6.07) is 12.7. The Bertz CT molecular complexity index is 932. The van der Waals surface area contributed by atoms with E-state index in [1.165, 1.54) is 5.56 Å². The standard InChI is InChI=1S/C25H34N6OS/c1-18-15-19(2)28-23(27-18)29-24(30-25(33)26-17-22-9-6-14-32-22)31-12-10-21(11-13-31)16-20-7-4-3-5-8-20/h3-5,7-8,15,21-22H,6,9-14,16-17H2,1-2H3,(H2,26,27,28,29,30,33). The minimum absolute atomic E-state index is 0.214. The first-order chi connectivity index (χ1) is 16.0. The van der Waals surface area contributed by atoms with Crippen molar-refractivity contribution in [3.63, 3.8) is 0 Å². The smallest absolute Gasteiger partial charge is 0.229 e. The number of aromatic nitrogens is 2. The van der Waals surface area contributed by atoms with Gasteiger partial charge in [0.05, 0.1) is 6.10 Å². The number of nitrogens with zero attached hydrogens (tertiary/aromatic N) is 4. The first kappa shape index (κ1) is 23.6. The lowest BCUT2D eigenvalue weighted by molar-refractivity contribution is 0.114. The van der Waals surface area contributed by atoms with E-state index in [2.05, 4.69) is 55.8 Å². The highest BCUT2D eigenvalue weighted by Crippen LogP contribution is 2.22. The number of thiocarbonyl (C=S) groups is 1. The molecule has 2 saturated heterocycles. The number of hydrogen-bond donors (Lipinski definition) is 2. The fourth-order valence-electron chi connectivity index (χ4n) is 4.50. The topological polar surface area (TPSA) is 74.7 Å². The van der Waals surface area contributed by atoms with Crippen LogP contribution in [-0.4, -0.2) is 58.3 Å². The van der Waals surface area contributed by atoms with Gasteiger partial charge in [0.15, 0.2) is 5.11 Å². The number of rotatable bonds is 5. The molecular weight excluding hydrogens is 432 g/mol. The lowest BCUT2D eigenvalue weighted by Crippen LogP contribution is -2.44. The molecular formula is C25H34N6OS. The van der Waals surface area contributed by atoms with E-state index in [4.69, 9.17) is 21.9 Å². The van der Waals surface area contributed by atoms with Crippen LogP contribution in [0.2, 0.25) is 0 Å². The van der Waals surface area contributed by atoms with E-state index in [1.54, 1.807) is 0 Å². The van der Waals surface area contributed by atoms with Crippen molar-refractivity contribution in [2.75, 3.05) is 31.6 Å². The summed E-state index contributed by atoms with van der Waals surface area (Å²) in [6.07, 6.45) is 5.73. The first-order valence-corrected chi connectivity index (χ1v) is 12.3. The van der Waals surface area contributed by atoms with Crippen molar-refractivity contribution in [1.82, 2.24) is 20.2 Å². The Kier molecular flexibility index (Phi) is 8.23. The van der Waals surface area contributed by atoms with Crippen molar-refractivity contribution in [1.29, 1.82) is 0 Å². The SMILES string of the molecule is Cc1cc(C)nc(N/C(=N/C(=S)NCC2CCCO2)N2CCC(Cc3ccccc3)CC2)n1. The molecule has 1 unspecified atom stereocenters. The molecule has 176 valence electrons. The highest BCUT2D eigenvalue weighted by molar-refractivity contribution is 7.80. The molecule has 33 heavy (non-hydrogen) atoms. The number of aliphatic imine (C=N–C) groups is 1. The molecule has 1 aromatic heterocycles. The number of guanidine groups is 1. The van der Waals surface area contributed by atoms with Crippen molar-refractivity contribution in [3.05, 3.63) is 53.3 Å². The molecule has 1 atom stereocenters. The van der Waals surface area contributed by atoms with Crippen molar-refractivity contribution in [3.8, 4) is 0 Å². The molecule has 0 saturated carbocycles. The number of likely N-dealkylation sites (tertiary alicyclic amines) is 1. The molecule has 7 nitrogen and oxygen atoms in total. The lowest BCUT2D eigenvalue weighted by Gasteiger charge is -2.34. The van der Waals surface area contributed by atoms with Crippen LogP contribution in [0.4, 0.5) is 5.95 Å². The van der Waals surface area contributed by atoms with Gasteiger partial charge in [0.1, 0.15) is 0 Å². The van der Waals surface area contributed by atoms with E-state index in [0.29, 0.717) is 29.5 Å². The van der Waals surface area contributed by atoms with Crippen molar-refractivity contribution in [2.24, 2.45) is 10.9 Å². The van der Waals surface area contributed by atoms with Crippen molar-refractivity contribution in [2.45, 2.75) is 52.1 Å². The summed E-state index contributed by atoms with van der Waals surface area (Å²) in [5.74, 6) is 1.94. The Morgan fingerprint density at radius 1 is 1.12 bits per heavy atom. The summed E-state index contributed by atoms with van der Waals surface area (Å²) in [7, 11) is 0. The molecule has 2 fully saturated rings. The number of anilines is 1. The molecule has 0 amide bonds. The van der Waals surface area contributed by atoms with Gasteiger partial charge >= 0.3 is 0 Å². The Morgan fingerprint density at radius 2 is 1.85 bits per heavy atom. The Morgan fingerprint density at radius 3 is 2.52 bits per heavy atom. The Balaban J connectivity index is 1.42. The fourth-order valence-corrected chi connectivity index (χ4v) is 4.67. The van der Waals surface area contributed by atoms with Crippen LogP contribution in [0.25, 0.3) is 0 Å². The minimum atomic E-state index is 0.214. The number of ether oxygens (including phenoxy) is 1. The van der Waals surface area contributed by atoms with Gasteiger partial charge in [0, 0.05) is 37.6 Å². The van der Waals surface area contributed by atoms with Crippen LogP contribution in [0, 0.1) is 19.8 Å². The summed E-state index contributed by atoms with van der Waals surface area (Å²) in [5.41, 5.74) is 3.25. The lowest BCUT2D eigenvalue weighted by atomic mass is 9.90. The quantitative estimate of drug-likeness (QED) is 0.394. The molecule has 2 aromatic rings. The third kappa shape index (κ3) is 7.20. The summed E-state index contributed by atoms with van der Waals surface area (Å²) in [5, 5.41) is 7.07. The third-order valence-electron chi connectivity index (χ3n) is 6.20. The van der Waals surface area contributed by atoms with Gasteiger partial charge in [-0.2, -0.15) is 4.99 Å². The van der Waals surface area contributed by atoms with Crippen LogP contribution in [0.5, 0.6) is 0 Å². The molecule has 0 bridgehead atoms. The molecule has 8 heteroatoms. The maximum absolute atomic E-state index is 5.69. The molecule has 0 spiro atoms. The Labute approximate surface area is 202 Å². The van der Waals surface area contributed by atoms with Crippen LogP contribution in [-0.2, 0) is 11.2 Å². The highest BCUT2D eigenvalue weighted by atomic mass is 32.1. The average molecular weight is 467 g/mol. The maximum Gasteiger partial charge on any atom is 0.229 e. The predicted octanol–water partition coefficient (Wildman–Crippen LogP) is 3.87. The first-order valence-electron chi connectivity index (χ1n) is 11.9. The molecule has 4 rings (SSSR count). The fraction of sp³-hybridized carbons (Fsp3) is 0.520. The van der Waals surface area contributed by atoms with E-state index in [-0.39, 0.29) is 6.10 Å². The number of hydrogen-bond acceptors (Lipinski definition) is 4. The van der Waals surface area contributed by atoms with Gasteiger partial charge in [-0.05, 0) is 75.7 Å². The summed E-state index contributed by atoms with van der Waals surface area (Å²) >= 11 is 5.55. The molecule has 0 aliphatic carbocycles. The van der Waals surface area contributed by atoms with E-state index in [0.717, 1.165) is 63.2 Å². The van der Waals surface area contributed by atoms with E-state index in [9.17, 15) is 0 Å². The number of benzene rings is 1.